The van der Waals surface area contributed by atoms with Gasteiger partial charge in [-0.3, -0.25) is 14.4 Å². The molecule has 3 rings (SSSR count). The van der Waals surface area contributed by atoms with Crippen LogP contribution in [0, 0.1) is 0 Å². The van der Waals surface area contributed by atoms with Gasteiger partial charge in [0.25, 0.3) is 0 Å². The number of hydrogen-bond acceptors (Lipinski definition) is 6. The van der Waals surface area contributed by atoms with Gasteiger partial charge in [-0.2, -0.15) is 0 Å². The van der Waals surface area contributed by atoms with Crippen LogP contribution in [0.3, 0.4) is 0 Å². The van der Waals surface area contributed by atoms with Crippen LogP contribution in [0.25, 0.3) is 0 Å². The van der Waals surface area contributed by atoms with Crippen LogP contribution in [0.1, 0.15) is 16.7 Å². The second kappa shape index (κ2) is 11.7. The van der Waals surface area contributed by atoms with Crippen molar-refractivity contribution in [2.45, 2.75) is 19.3 Å². The molecule has 0 spiro atoms. The van der Waals surface area contributed by atoms with Crippen LogP contribution in [-0.2, 0) is 33.6 Å². The van der Waals surface area contributed by atoms with Gasteiger partial charge in [-0.15, -0.1) is 0 Å². The molecule has 10 heteroatoms. The summed E-state index contributed by atoms with van der Waals surface area (Å²) < 4.78 is 17.6. The van der Waals surface area contributed by atoms with E-state index < -0.39 is 26.5 Å². The minimum Gasteiger partial charge on any atom is -0.481 e. The molecule has 0 atom stereocenters. The van der Waals surface area contributed by atoms with E-state index in [9.17, 15) is 14.4 Å². The molecular weight excluding hydrogens is 463 g/mol. The van der Waals surface area contributed by atoms with Crippen LogP contribution in [0.4, 0.5) is 0 Å². The normalized spacial score (nSPS) is 10.5. The topological polar surface area (TPSA) is 140 Å². The standard InChI is InChI=1S/C24H21O9P/c25-22(26)13-16-1-7-19(8-2-16)31-34(32-20-9-3-17(4-10-20)14-23(27)28)33-21-11-5-18(6-12-21)15-24(29)30/h1-12H,13-15H2,(H,25,26)(H,27,28)(H,29,30). The van der Waals surface area contributed by atoms with Gasteiger partial charge in [0.2, 0.25) is 0 Å². The van der Waals surface area contributed by atoms with Gasteiger partial charge in [-0.1, -0.05) is 36.4 Å². The zero-order valence-corrected chi connectivity index (χ0v) is 18.7. The molecule has 0 aliphatic rings. The maximum absolute atomic E-state index is 10.9. The maximum Gasteiger partial charge on any atom is 0.530 e. The predicted molar refractivity (Wildman–Crippen MR) is 122 cm³/mol. The number of benzene rings is 3. The molecule has 0 aliphatic heterocycles. The minimum absolute atomic E-state index is 0.118. The molecule has 0 bridgehead atoms. The number of carbonyl (C=O) groups is 3. The number of rotatable bonds is 12. The van der Waals surface area contributed by atoms with Crippen LogP contribution in [0.15, 0.2) is 72.8 Å². The molecule has 0 amide bonds. The zero-order chi connectivity index (χ0) is 24.5. The summed E-state index contributed by atoms with van der Waals surface area (Å²) >= 11 is 0. The summed E-state index contributed by atoms with van der Waals surface area (Å²) in [6, 6.07) is 19.4. The van der Waals surface area contributed by atoms with E-state index in [1.54, 1.807) is 72.8 Å². The Morgan fingerprint density at radius 3 is 0.941 bits per heavy atom. The highest BCUT2D eigenvalue weighted by molar-refractivity contribution is 7.43. The van der Waals surface area contributed by atoms with Crippen LogP contribution in [0.5, 0.6) is 17.2 Å². The lowest BCUT2D eigenvalue weighted by atomic mass is 10.1. The fraction of sp³-hybridized carbons (Fsp3) is 0.125. The van der Waals surface area contributed by atoms with Gasteiger partial charge in [-0.25, -0.2) is 0 Å². The van der Waals surface area contributed by atoms with Crippen LogP contribution in [-0.4, -0.2) is 33.2 Å². The molecule has 176 valence electrons. The van der Waals surface area contributed by atoms with E-state index in [-0.39, 0.29) is 19.3 Å². The number of carboxylic acids is 3. The highest BCUT2D eigenvalue weighted by Crippen LogP contribution is 2.42. The average molecular weight is 484 g/mol. The molecule has 3 aromatic carbocycles. The highest BCUT2D eigenvalue weighted by atomic mass is 31.2. The molecular formula is C24H21O9P. The van der Waals surface area contributed by atoms with Crippen LogP contribution in [0.2, 0.25) is 0 Å². The summed E-state index contributed by atoms with van der Waals surface area (Å²) in [6.07, 6.45) is -0.353. The fourth-order valence-corrected chi connectivity index (χ4v) is 3.84. The van der Waals surface area contributed by atoms with Crippen molar-refractivity contribution in [2.24, 2.45) is 0 Å². The molecule has 34 heavy (non-hydrogen) atoms. The van der Waals surface area contributed by atoms with E-state index in [2.05, 4.69) is 0 Å². The number of carboxylic acid groups (broad SMARTS) is 3. The van der Waals surface area contributed by atoms with E-state index in [1.165, 1.54) is 0 Å². The maximum atomic E-state index is 10.9. The van der Waals surface area contributed by atoms with Gasteiger partial charge in [0.15, 0.2) is 0 Å². The predicted octanol–water partition coefficient (Wildman–Crippen LogP) is 4.33. The molecule has 0 aromatic heterocycles. The Morgan fingerprint density at radius 1 is 0.500 bits per heavy atom. The summed E-state index contributed by atoms with van der Waals surface area (Å²) in [5, 5.41) is 26.7. The Labute approximate surface area is 196 Å². The van der Waals surface area contributed by atoms with Crippen molar-refractivity contribution in [2.75, 3.05) is 0 Å². The summed E-state index contributed by atoms with van der Waals surface area (Å²) in [5.74, 6) is -1.65. The van der Waals surface area contributed by atoms with Crippen molar-refractivity contribution in [3.05, 3.63) is 89.5 Å². The number of hydrogen-bond donors (Lipinski definition) is 3. The lowest BCUT2D eigenvalue weighted by molar-refractivity contribution is -0.137. The molecule has 0 heterocycles. The molecule has 0 fully saturated rings. The SMILES string of the molecule is O=C(O)Cc1ccc(OP(Oc2ccc(CC(=O)O)cc2)Oc2ccc(CC(=O)O)cc2)cc1. The summed E-state index contributed by atoms with van der Waals surface area (Å²) in [5.41, 5.74) is 1.82. The van der Waals surface area contributed by atoms with E-state index in [4.69, 9.17) is 28.9 Å². The van der Waals surface area contributed by atoms with Gasteiger partial charge >= 0.3 is 26.5 Å². The first-order valence-electron chi connectivity index (χ1n) is 10.0. The van der Waals surface area contributed by atoms with E-state index in [1.807, 2.05) is 0 Å². The molecule has 9 nitrogen and oxygen atoms in total. The minimum atomic E-state index is -2.02. The molecule has 3 N–H and O–H groups in total. The van der Waals surface area contributed by atoms with E-state index in [0.717, 1.165) is 0 Å². The third-order valence-corrected chi connectivity index (χ3v) is 5.46. The van der Waals surface area contributed by atoms with Crippen LogP contribution < -0.4 is 13.6 Å². The molecule has 0 unspecified atom stereocenters. The lowest BCUT2D eigenvalue weighted by Gasteiger charge is -2.18. The van der Waals surface area contributed by atoms with Crippen LogP contribution >= 0.6 is 8.60 Å². The first-order chi connectivity index (χ1) is 16.3. The Kier molecular flexibility index (Phi) is 8.43. The first kappa shape index (κ1) is 24.5. The Balaban J connectivity index is 1.75. The van der Waals surface area contributed by atoms with Crippen molar-refractivity contribution < 1.29 is 43.3 Å². The fourth-order valence-electron chi connectivity index (χ4n) is 2.84. The van der Waals surface area contributed by atoms with Gasteiger partial charge in [0.05, 0.1) is 19.3 Å². The Bertz CT molecular complexity index is 980. The van der Waals surface area contributed by atoms with Gasteiger partial charge in [0, 0.05) is 0 Å². The second-order valence-electron chi connectivity index (χ2n) is 7.14. The smallest absolute Gasteiger partial charge is 0.481 e. The Morgan fingerprint density at radius 2 is 0.735 bits per heavy atom. The van der Waals surface area contributed by atoms with Gasteiger partial charge in [-0.05, 0) is 53.1 Å². The third-order valence-electron chi connectivity index (χ3n) is 4.38. The zero-order valence-electron chi connectivity index (χ0n) is 17.8. The molecule has 0 saturated heterocycles. The third kappa shape index (κ3) is 8.11. The quantitative estimate of drug-likeness (QED) is 0.320. The summed E-state index contributed by atoms with van der Waals surface area (Å²) in [7, 11) is -2.02. The molecule has 3 aromatic rings. The Hall–Kier alpha value is -4.10. The van der Waals surface area contributed by atoms with Gasteiger partial charge in [0.1, 0.15) is 17.2 Å². The van der Waals surface area contributed by atoms with E-state index in [0.29, 0.717) is 33.9 Å². The largest absolute Gasteiger partial charge is 0.530 e. The van der Waals surface area contributed by atoms with Crippen molar-refractivity contribution in [1.29, 1.82) is 0 Å². The van der Waals surface area contributed by atoms with Crippen molar-refractivity contribution in [3.63, 3.8) is 0 Å². The number of aliphatic carboxylic acids is 3. The summed E-state index contributed by atoms with van der Waals surface area (Å²) in [4.78, 5) is 32.6. The first-order valence-corrected chi connectivity index (χ1v) is 11.1. The van der Waals surface area contributed by atoms with Gasteiger partial charge < -0.3 is 28.9 Å². The van der Waals surface area contributed by atoms with Crippen molar-refractivity contribution in [3.8, 4) is 17.2 Å². The monoisotopic (exact) mass is 484 g/mol. The highest BCUT2D eigenvalue weighted by Gasteiger charge is 2.20. The van der Waals surface area contributed by atoms with Crippen molar-refractivity contribution >= 4 is 26.5 Å². The lowest BCUT2D eigenvalue weighted by Crippen LogP contribution is -2.04. The average Bonchev–Trinajstić information content (AvgIpc) is 2.77. The molecule has 0 saturated carbocycles. The molecule has 0 aliphatic carbocycles. The van der Waals surface area contributed by atoms with Crippen molar-refractivity contribution in [1.82, 2.24) is 0 Å². The van der Waals surface area contributed by atoms with E-state index >= 15 is 0 Å². The molecule has 0 radical (unpaired) electrons. The summed E-state index contributed by atoms with van der Waals surface area (Å²) in [6.45, 7) is 0. The second-order valence-corrected chi connectivity index (χ2v) is 8.14.